The molecule has 0 aromatic rings. The lowest BCUT2D eigenvalue weighted by Crippen LogP contribution is -2.40. The molecule has 1 saturated heterocycles. The molecule has 1 heterocycles. The highest BCUT2D eigenvalue weighted by Gasteiger charge is 2.32. The Morgan fingerprint density at radius 1 is 1.29 bits per heavy atom. The van der Waals surface area contributed by atoms with Crippen LogP contribution in [0.1, 0.15) is 39.0 Å². The van der Waals surface area contributed by atoms with Crippen molar-refractivity contribution >= 4 is 38.9 Å². The van der Waals surface area contributed by atoms with Gasteiger partial charge in [0, 0.05) is 37.2 Å². The Bertz CT molecular complexity index is 503. The molecule has 0 radical (unpaired) electrons. The fourth-order valence-corrected chi connectivity index (χ4v) is 5.99. The summed E-state index contributed by atoms with van der Waals surface area (Å²) in [7, 11) is 4.98. The average Bonchev–Trinajstić information content (AvgIpc) is 2.85. The highest BCUT2D eigenvalue weighted by Crippen LogP contribution is 2.38. The van der Waals surface area contributed by atoms with Crippen molar-refractivity contribution in [2.45, 2.75) is 50.3 Å². The van der Waals surface area contributed by atoms with Crippen LogP contribution in [0.25, 0.3) is 0 Å². The van der Waals surface area contributed by atoms with Gasteiger partial charge in [-0.2, -0.15) is 0 Å². The largest absolute Gasteiger partial charge is 0.396 e. The van der Waals surface area contributed by atoms with Crippen molar-refractivity contribution in [1.82, 2.24) is 10.6 Å². The first-order valence-corrected chi connectivity index (χ1v) is 12.2. The van der Waals surface area contributed by atoms with Crippen LogP contribution in [0.2, 0.25) is 0 Å². The monoisotopic (exact) mass is 434 g/mol. The van der Waals surface area contributed by atoms with Crippen molar-refractivity contribution in [2.24, 2.45) is 11.8 Å². The molecule has 1 aliphatic heterocycles. The number of aliphatic hydroxyl groups is 2. The maximum Gasteiger partial charge on any atom is 0.149 e. The summed E-state index contributed by atoms with van der Waals surface area (Å²) in [6, 6.07) is -0.331. The summed E-state index contributed by atoms with van der Waals surface area (Å²) in [5, 5.41) is 24.3. The van der Waals surface area contributed by atoms with Crippen LogP contribution < -0.4 is 10.6 Å². The Morgan fingerprint density at radius 3 is 2.61 bits per heavy atom. The van der Waals surface area contributed by atoms with Crippen LogP contribution in [0.15, 0.2) is 0 Å². The molecule has 3 atom stereocenters. The van der Waals surface area contributed by atoms with Gasteiger partial charge in [-0.05, 0) is 46.2 Å². The topological polar surface area (TPSA) is 116 Å². The van der Waals surface area contributed by atoms with E-state index in [1.54, 1.807) is 10.8 Å². The standard InChI is InChI=1S/C19H34N2O5S2/c1-13(24)17(5-7-20-2)21-10-16(25)4-3-15-6-8-27-28-18(19(15)26)9-14(11-22)12-23/h14-15,17-18,20-23H,3-12H2,1-2H3/t15-,17+,18?/m1/s1. The van der Waals surface area contributed by atoms with E-state index >= 15 is 0 Å². The minimum absolute atomic E-state index is 0.00760. The molecule has 0 bridgehead atoms. The zero-order valence-corrected chi connectivity index (χ0v) is 18.4. The summed E-state index contributed by atoms with van der Waals surface area (Å²) < 4.78 is 0. The Balaban J connectivity index is 2.49. The van der Waals surface area contributed by atoms with Crippen LogP contribution in [-0.2, 0) is 14.4 Å². The number of rotatable bonds is 14. The van der Waals surface area contributed by atoms with Crippen LogP contribution >= 0.6 is 21.6 Å². The number of carbonyl (C=O) groups excluding carboxylic acids is 3. The van der Waals surface area contributed by atoms with Crippen LogP contribution in [0.3, 0.4) is 0 Å². The fraction of sp³-hybridized carbons (Fsp3) is 0.842. The van der Waals surface area contributed by atoms with Crippen molar-refractivity contribution in [3.63, 3.8) is 0 Å². The molecule has 1 fully saturated rings. The maximum absolute atomic E-state index is 12.8. The third-order valence-corrected chi connectivity index (χ3v) is 7.81. The van der Waals surface area contributed by atoms with E-state index in [0.717, 1.165) is 12.2 Å². The lowest BCUT2D eigenvalue weighted by molar-refractivity contribution is -0.123. The normalized spacial score (nSPS) is 21.5. The Hall–Kier alpha value is -0.450. The van der Waals surface area contributed by atoms with Crippen LogP contribution in [0.4, 0.5) is 0 Å². The second-order valence-electron chi connectivity index (χ2n) is 7.28. The van der Waals surface area contributed by atoms with Gasteiger partial charge in [0.1, 0.15) is 17.3 Å². The molecule has 162 valence electrons. The zero-order valence-electron chi connectivity index (χ0n) is 16.8. The van der Waals surface area contributed by atoms with Gasteiger partial charge in [0.15, 0.2) is 0 Å². The molecule has 7 nitrogen and oxygen atoms in total. The van der Waals surface area contributed by atoms with Gasteiger partial charge in [-0.1, -0.05) is 21.6 Å². The molecule has 28 heavy (non-hydrogen) atoms. The third kappa shape index (κ3) is 9.37. The molecule has 0 aliphatic carbocycles. The van der Waals surface area contributed by atoms with Crippen molar-refractivity contribution in [3.05, 3.63) is 0 Å². The van der Waals surface area contributed by atoms with E-state index in [9.17, 15) is 24.6 Å². The van der Waals surface area contributed by atoms with Gasteiger partial charge in [0.25, 0.3) is 0 Å². The minimum atomic E-state index is -0.331. The van der Waals surface area contributed by atoms with Crippen molar-refractivity contribution < 1.29 is 24.6 Å². The number of nitrogens with one attached hydrogen (secondary N) is 2. The lowest BCUT2D eigenvalue weighted by Gasteiger charge is -2.21. The van der Waals surface area contributed by atoms with E-state index in [2.05, 4.69) is 10.6 Å². The predicted molar refractivity (Wildman–Crippen MR) is 114 cm³/mol. The summed E-state index contributed by atoms with van der Waals surface area (Å²) in [5.41, 5.74) is 0. The van der Waals surface area contributed by atoms with E-state index in [-0.39, 0.29) is 60.2 Å². The second kappa shape index (κ2) is 14.5. The SMILES string of the molecule is CNCC[C@H](NCC(=O)CC[C@@H]1CCSSC(CC(CO)CO)C1=O)C(C)=O. The number of Topliss-reactive ketones (excluding diaryl/α,β-unsaturated/α-hetero) is 3. The van der Waals surface area contributed by atoms with Crippen LogP contribution in [-0.4, -0.2) is 78.0 Å². The molecular weight excluding hydrogens is 400 g/mol. The van der Waals surface area contributed by atoms with Crippen LogP contribution in [0, 0.1) is 11.8 Å². The molecule has 0 aromatic heterocycles. The quantitative estimate of drug-likeness (QED) is 0.295. The molecule has 9 heteroatoms. The van der Waals surface area contributed by atoms with E-state index in [0.29, 0.717) is 32.2 Å². The lowest BCUT2D eigenvalue weighted by atomic mass is 9.89. The number of hydrogen-bond donors (Lipinski definition) is 4. The third-order valence-electron chi connectivity index (χ3n) is 5.01. The maximum atomic E-state index is 12.8. The van der Waals surface area contributed by atoms with Gasteiger partial charge >= 0.3 is 0 Å². The highest BCUT2D eigenvalue weighted by molar-refractivity contribution is 8.77. The molecule has 4 N–H and O–H groups in total. The second-order valence-corrected chi connectivity index (χ2v) is 9.97. The first kappa shape index (κ1) is 25.6. The van der Waals surface area contributed by atoms with Crippen LogP contribution in [0.5, 0.6) is 0 Å². The number of ketones is 3. The van der Waals surface area contributed by atoms with Gasteiger partial charge in [0.05, 0.1) is 17.8 Å². The Morgan fingerprint density at radius 2 is 2.00 bits per heavy atom. The Kier molecular flexibility index (Phi) is 13.3. The van der Waals surface area contributed by atoms with E-state index < -0.39 is 0 Å². The molecule has 0 saturated carbocycles. The summed E-state index contributed by atoms with van der Waals surface area (Å²) in [6.45, 7) is 2.08. The van der Waals surface area contributed by atoms with Gasteiger partial charge in [0.2, 0.25) is 0 Å². The van der Waals surface area contributed by atoms with Gasteiger partial charge in [-0.3, -0.25) is 14.4 Å². The summed E-state index contributed by atoms with van der Waals surface area (Å²) in [4.78, 5) is 36.7. The average molecular weight is 435 g/mol. The molecule has 1 unspecified atom stereocenters. The van der Waals surface area contributed by atoms with Gasteiger partial charge < -0.3 is 20.8 Å². The summed E-state index contributed by atoms with van der Waals surface area (Å²) in [6.07, 6.45) is 2.66. The predicted octanol–water partition coefficient (Wildman–Crippen LogP) is 0.822. The summed E-state index contributed by atoms with van der Waals surface area (Å²) in [5.74, 6) is 0.548. The Labute approximate surface area is 175 Å². The van der Waals surface area contributed by atoms with E-state index in [4.69, 9.17) is 0 Å². The van der Waals surface area contributed by atoms with Crippen molar-refractivity contribution in [1.29, 1.82) is 0 Å². The first-order chi connectivity index (χ1) is 13.4. The number of aliphatic hydroxyl groups excluding tert-OH is 2. The van der Waals surface area contributed by atoms with Gasteiger partial charge in [-0.25, -0.2) is 0 Å². The number of hydrogen-bond acceptors (Lipinski definition) is 9. The zero-order chi connectivity index (χ0) is 20.9. The van der Waals surface area contributed by atoms with Crippen molar-refractivity contribution in [2.75, 3.05) is 39.1 Å². The van der Waals surface area contributed by atoms with Crippen molar-refractivity contribution in [3.8, 4) is 0 Å². The highest BCUT2D eigenvalue weighted by atomic mass is 33.1. The fourth-order valence-electron chi connectivity index (χ4n) is 3.12. The molecular formula is C19H34N2O5S2. The van der Waals surface area contributed by atoms with E-state index in [1.807, 2.05) is 7.05 Å². The van der Waals surface area contributed by atoms with E-state index in [1.165, 1.54) is 17.7 Å². The molecule has 1 rings (SSSR count). The molecule has 0 amide bonds. The molecule has 0 spiro atoms. The minimum Gasteiger partial charge on any atom is -0.396 e. The first-order valence-electron chi connectivity index (χ1n) is 9.86. The number of carbonyl (C=O) groups is 3. The molecule has 0 aromatic carbocycles. The smallest absolute Gasteiger partial charge is 0.149 e. The van der Waals surface area contributed by atoms with Gasteiger partial charge in [-0.15, -0.1) is 0 Å². The summed E-state index contributed by atoms with van der Waals surface area (Å²) >= 11 is 0. The molecule has 1 aliphatic rings.